The van der Waals surface area contributed by atoms with Crippen LogP contribution in [0.15, 0.2) is 4.99 Å². The van der Waals surface area contributed by atoms with Crippen molar-refractivity contribution in [1.29, 1.82) is 0 Å². The van der Waals surface area contributed by atoms with Crippen LogP contribution in [0.5, 0.6) is 0 Å². The molecule has 0 spiro atoms. The number of aliphatic imine (C=N–C) groups is 1. The van der Waals surface area contributed by atoms with Crippen molar-refractivity contribution < 1.29 is 29.4 Å². The predicted octanol–water partition coefficient (Wildman–Crippen LogP) is -2.06. The molecule has 0 heterocycles. The number of hydrogen-bond donors (Lipinski definition) is 7. The molecule has 0 aromatic heterocycles. The Morgan fingerprint density at radius 1 is 1.04 bits per heavy atom. The molecule has 0 aromatic rings. The molecule has 4 atom stereocenters. The first-order chi connectivity index (χ1) is 13.0. The van der Waals surface area contributed by atoms with Crippen molar-refractivity contribution in [3.63, 3.8) is 0 Å². The summed E-state index contributed by atoms with van der Waals surface area (Å²) in [5.41, 5.74) is 16.1. The van der Waals surface area contributed by atoms with Gasteiger partial charge in [-0.25, -0.2) is 4.79 Å². The second kappa shape index (κ2) is 12.5. The number of aliphatic carboxylic acids is 2. The fourth-order valence-corrected chi connectivity index (χ4v) is 2.20. The minimum Gasteiger partial charge on any atom is -0.481 e. The third-order valence-corrected chi connectivity index (χ3v) is 4.13. The van der Waals surface area contributed by atoms with Gasteiger partial charge in [0.05, 0.1) is 12.5 Å². The summed E-state index contributed by atoms with van der Waals surface area (Å²) in [5, 5.41) is 22.8. The van der Waals surface area contributed by atoms with Crippen LogP contribution in [0.4, 0.5) is 0 Å². The van der Waals surface area contributed by atoms with Gasteiger partial charge in [-0.2, -0.15) is 0 Å². The third-order valence-electron chi connectivity index (χ3n) is 4.13. The molecule has 0 aliphatic carbocycles. The predicted molar refractivity (Wildman–Crippen MR) is 101 cm³/mol. The number of hydrogen-bond acceptors (Lipinski definition) is 6. The number of amides is 2. The van der Waals surface area contributed by atoms with Crippen LogP contribution in [0.25, 0.3) is 0 Å². The van der Waals surface area contributed by atoms with Crippen LogP contribution in [0, 0.1) is 5.92 Å². The molecule has 12 nitrogen and oxygen atoms in total. The zero-order valence-corrected chi connectivity index (χ0v) is 16.1. The van der Waals surface area contributed by atoms with Gasteiger partial charge in [-0.05, 0) is 18.8 Å². The molecule has 0 fully saturated rings. The van der Waals surface area contributed by atoms with Gasteiger partial charge < -0.3 is 38.0 Å². The van der Waals surface area contributed by atoms with E-state index in [0.717, 1.165) is 0 Å². The smallest absolute Gasteiger partial charge is 0.326 e. The number of carbonyl (C=O) groups excluding carboxylic acids is 2. The lowest BCUT2D eigenvalue weighted by molar-refractivity contribution is -0.143. The molecular weight excluding hydrogens is 372 g/mol. The van der Waals surface area contributed by atoms with Gasteiger partial charge in [-0.3, -0.25) is 19.4 Å². The zero-order chi connectivity index (χ0) is 21.9. The van der Waals surface area contributed by atoms with E-state index in [4.69, 9.17) is 22.3 Å². The standard InChI is InChI=1S/C16H30N6O6/c1-3-8(2)12(17)14(26)22-10(7-11(23)24)13(25)21-9(15(27)28)5-4-6-20-16(18)19/h8-10,12H,3-7,17H2,1-2H3,(H,21,25)(H,22,26)(H,23,24)(H,27,28)(H4,18,19,20)/t8-,9-,10-,12-/m0/s1. The van der Waals surface area contributed by atoms with Gasteiger partial charge in [-0.1, -0.05) is 20.3 Å². The maximum Gasteiger partial charge on any atom is 0.326 e. The highest BCUT2D eigenvalue weighted by Gasteiger charge is 2.30. The first kappa shape index (κ1) is 25.1. The lowest BCUT2D eigenvalue weighted by Gasteiger charge is -2.23. The number of carbonyl (C=O) groups is 4. The minimum atomic E-state index is -1.46. The summed E-state index contributed by atoms with van der Waals surface area (Å²) in [4.78, 5) is 50.6. The summed E-state index contributed by atoms with van der Waals surface area (Å²) in [6, 6.07) is -3.68. The molecule has 0 bridgehead atoms. The van der Waals surface area contributed by atoms with Crippen LogP contribution in [-0.4, -0.2) is 64.6 Å². The van der Waals surface area contributed by atoms with Gasteiger partial charge in [0.2, 0.25) is 11.8 Å². The molecule has 0 aliphatic heterocycles. The van der Waals surface area contributed by atoms with Crippen LogP contribution < -0.4 is 27.8 Å². The van der Waals surface area contributed by atoms with Gasteiger partial charge in [0.15, 0.2) is 5.96 Å². The largest absolute Gasteiger partial charge is 0.481 e. The van der Waals surface area contributed by atoms with Crippen LogP contribution in [0.1, 0.15) is 39.5 Å². The van der Waals surface area contributed by atoms with Gasteiger partial charge >= 0.3 is 11.9 Å². The summed E-state index contributed by atoms with van der Waals surface area (Å²) in [7, 11) is 0. The number of nitrogens with one attached hydrogen (secondary N) is 2. The molecular formula is C16H30N6O6. The Morgan fingerprint density at radius 3 is 2.07 bits per heavy atom. The first-order valence-electron chi connectivity index (χ1n) is 8.85. The van der Waals surface area contributed by atoms with Crippen molar-refractivity contribution >= 4 is 29.7 Å². The molecule has 12 heteroatoms. The van der Waals surface area contributed by atoms with Gasteiger partial charge in [0.1, 0.15) is 12.1 Å². The van der Waals surface area contributed by atoms with E-state index in [9.17, 15) is 24.3 Å². The van der Waals surface area contributed by atoms with Crippen molar-refractivity contribution in [2.45, 2.75) is 57.7 Å². The van der Waals surface area contributed by atoms with Gasteiger partial charge in [0.25, 0.3) is 0 Å². The van der Waals surface area contributed by atoms with E-state index < -0.39 is 48.3 Å². The van der Waals surface area contributed by atoms with E-state index in [0.29, 0.717) is 6.42 Å². The molecule has 0 radical (unpaired) electrons. The fraction of sp³-hybridized carbons (Fsp3) is 0.688. The Kier molecular flexibility index (Phi) is 11.2. The summed E-state index contributed by atoms with van der Waals surface area (Å²) in [5.74, 6) is -4.59. The lowest BCUT2D eigenvalue weighted by atomic mass is 9.99. The highest BCUT2D eigenvalue weighted by molar-refractivity contribution is 5.94. The molecule has 0 rings (SSSR count). The average molecular weight is 402 g/mol. The quantitative estimate of drug-likeness (QED) is 0.102. The van der Waals surface area contributed by atoms with E-state index in [2.05, 4.69) is 15.6 Å². The summed E-state index contributed by atoms with van der Waals surface area (Å²) in [6.07, 6.45) is 0.175. The maximum atomic E-state index is 12.4. The second-order valence-electron chi connectivity index (χ2n) is 6.42. The fourth-order valence-electron chi connectivity index (χ4n) is 2.20. The molecule has 28 heavy (non-hydrogen) atoms. The Bertz CT molecular complexity index is 592. The topological polar surface area (TPSA) is 223 Å². The number of nitrogens with two attached hydrogens (primary N) is 3. The molecule has 10 N–H and O–H groups in total. The van der Waals surface area contributed by atoms with Crippen LogP contribution >= 0.6 is 0 Å². The van der Waals surface area contributed by atoms with E-state index in [1.165, 1.54) is 0 Å². The van der Waals surface area contributed by atoms with Crippen LogP contribution in [-0.2, 0) is 19.2 Å². The summed E-state index contributed by atoms with van der Waals surface area (Å²) < 4.78 is 0. The number of guanidine groups is 1. The SMILES string of the molecule is CC[C@H](C)[C@H](N)C(=O)N[C@@H](CC(=O)O)C(=O)N[C@@H](CCCN=C(N)N)C(=O)O. The van der Waals surface area contributed by atoms with E-state index in [-0.39, 0.29) is 31.3 Å². The highest BCUT2D eigenvalue weighted by Crippen LogP contribution is 2.07. The summed E-state index contributed by atoms with van der Waals surface area (Å²) in [6.45, 7) is 3.74. The van der Waals surface area contributed by atoms with E-state index in [1.807, 2.05) is 6.92 Å². The molecule has 0 aliphatic rings. The van der Waals surface area contributed by atoms with Gasteiger partial charge in [0, 0.05) is 6.54 Å². The minimum absolute atomic E-state index is 0.0119. The monoisotopic (exact) mass is 402 g/mol. The Hall–Kier alpha value is -2.89. The van der Waals surface area contributed by atoms with Crippen molar-refractivity contribution in [3.8, 4) is 0 Å². The van der Waals surface area contributed by atoms with Crippen LogP contribution in [0.3, 0.4) is 0 Å². The van der Waals surface area contributed by atoms with Crippen molar-refractivity contribution in [3.05, 3.63) is 0 Å². The van der Waals surface area contributed by atoms with E-state index in [1.54, 1.807) is 6.92 Å². The van der Waals surface area contributed by atoms with Crippen LogP contribution in [0.2, 0.25) is 0 Å². The van der Waals surface area contributed by atoms with E-state index >= 15 is 0 Å². The molecule has 0 aromatic carbocycles. The van der Waals surface area contributed by atoms with Crippen molar-refractivity contribution in [2.24, 2.45) is 28.1 Å². The van der Waals surface area contributed by atoms with Crippen molar-refractivity contribution in [1.82, 2.24) is 10.6 Å². The number of rotatable bonds is 13. The highest BCUT2D eigenvalue weighted by atomic mass is 16.4. The average Bonchev–Trinajstić information content (AvgIpc) is 2.61. The number of carboxylic acid groups (broad SMARTS) is 2. The Morgan fingerprint density at radius 2 is 1.61 bits per heavy atom. The third kappa shape index (κ3) is 9.71. The molecule has 2 amide bonds. The normalized spacial score (nSPS) is 14.8. The van der Waals surface area contributed by atoms with Crippen molar-refractivity contribution in [2.75, 3.05) is 6.54 Å². The van der Waals surface area contributed by atoms with Gasteiger partial charge in [-0.15, -0.1) is 0 Å². The number of carboxylic acids is 2. The molecule has 0 saturated carbocycles. The second-order valence-corrected chi connectivity index (χ2v) is 6.42. The Balaban J connectivity index is 5.05. The molecule has 0 unspecified atom stereocenters. The first-order valence-corrected chi connectivity index (χ1v) is 8.85. The maximum absolute atomic E-state index is 12.4. The Labute approximate surface area is 162 Å². The molecule has 160 valence electrons. The molecule has 0 saturated heterocycles. The summed E-state index contributed by atoms with van der Waals surface area (Å²) >= 11 is 0. The lowest BCUT2D eigenvalue weighted by Crippen LogP contribution is -2.56. The zero-order valence-electron chi connectivity index (χ0n) is 16.1. The number of nitrogens with zero attached hydrogens (tertiary/aromatic N) is 1.